The van der Waals surface area contributed by atoms with Crippen molar-refractivity contribution in [2.75, 3.05) is 0 Å². The molecular weight excluding hydrogens is 364 g/mol. The molecule has 140 valence electrons. The molecule has 5 nitrogen and oxygen atoms in total. The average Bonchev–Trinajstić information content (AvgIpc) is 2.61. The average molecular weight is 385 g/mol. The summed E-state index contributed by atoms with van der Waals surface area (Å²) < 4.78 is 7.01. The normalized spacial score (nSPS) is 12.3. The van der Waals surface area contributed by atoms with Crippen LogP contribution >= 0.6 is 11.6 Å². The van der Waals surface area contributed by atoms with Crippen LogP contribution < -0.4 is 5.56 Å². The van der Waals surface area contributed by atoms with Gasteiger partial charge < -0.3 is 4.74 Å². The highest BCUT2D eigenvalue weighted by Crippen LogP contribution is 2.27. The zero-order chi connectivity index (χ0) is 19.6. The first kappa shape index (κ1) is 19.1. The van der Waals surface area contributed by atoms with E-state index in [2.05, 4.69) is 4.98 Å². The van der Waals surface area contributed by atoms with Crippen LogP contribution in [0.25, 0.3) is 5.65 Å². The molecule has 0 bridgehead atoms. The minimum Gasteiger partial charge on any atom is -0.459 e. The van der Waals surface area contributed by atoms with E-state index < -0.39 is 5.92 Å². The van der Waals surface area contributed by atoms with Gasteiger partial charge in [-0.05, 0) is 42.7 Å². The fourth-order valence-electron chi connectivity index (χ4n) is 3.14. The number of benzene rings is 1. The Balaban J connectivity index is 1.80. The third kappa shape index (κ3) is 4.19. The Morgan fingerprint density at radius 3 is 2.56 bits per heavy atom. The number of aromatic nitrogens is 2. The lowest BCUT2D eigenvalue weighted by Gasteiger charge is -2.20. The summed E-state index contributed by atoms with van der Waals surface area (Å²) in [5.74, 6) is -0.707. The highest BCUT2D eigenvalue weighted by molar-refractivity contribution is 6.30. The molecule has 0 saturated carbocycles. The van der Waals surface area contributed by atoms with Crippen molar-refractivity contribution in [2.45, 2.75) is 33.3 Å². The number of esters is 1. The monoisotopic (exact) mass is 384 g/mol. The Labute approximate surface area is 162 Å². The summed E-state index contributed by atoms with van der Waals surface area (Å²) in [5.41, 5.74) is 2.42. The molecule has 0 aliphatic carbocycles. The van der Waals surface area contributed by atoms with E-state index in [1.54, 1.807) is 18.2 Å². The van der Waals surface area contributed by atoms with Crippen molar-refractivity contribution in [2.24, 2.45) is 5.92 Å². The molecule has 3 aromatic rings. The molecule has 0 amide bonds. The van der Waals surface area contributed by atoms with Crippen LogP contribution in [0.3, 0.4) is 0 Å². The Hall–Kier alpha value is -2.66. The first-order valence-electron chi connectivity index (χ1n) is 8.77. The van der Waals surface area contributed by atoms with Crippen LogP contribution in [0, 0.1) is 12.8 Å². The lowest BCUT2D eigenvalue weighted by Crippen LogP contribution is -2.22. The molecule has 0 fully saturated rings. The number of fused-ring (bicyclic) bond motifs is 1. The SMILES string of the molecule is Cc1cccc2nc(COC(=O)[C@@H](c3ccc(Cl)cc3)C(C)C)cc(=O)n12. The minimum absolute atomic E-state index is 0.0463. The second-order valence-electron chi connectivity index (χ2n) is 6.83. The van der Waals surface area contributed by atoms with Crippen LogP contribution in [0.1, 0.15) is 36.7 Å². The van der Waals surface area contributed by atoms with Gasteiger partial charge in [-0.3, -0.25) is 14.0 Å². The molecule has 2 aromatic heterocycles. The highest BCUT2D eigenvalue weighted by atomic mass is 35.5. The number of ether oxygens (including phenoxy) is 1. The molecule has 27 heavy (non-hydrogen) atoms. The molecule has 0 spiro atoms. The first-order valence-corrected chi connectivity index (χ1v) is 9.15. The summed E-state index contributed by atoms with van der Waals surface area (Å²) in [6.45, 7) is 5.72. The van der Waals surface area contributed by atoms with Crippen molar-refractivity contribution < 1.29 is 9.53 Å². The van der Waals surface area contributed by atoms with Crippen molar-refractivity contribution in [3.63, 3.8) is 0 Å². The molecule has 6 heteroatoms. The van der Waals surface area contributed by atoms with E-state index in [0.717, 1.165) is 11.3 Å². The molecule has 0 saturated heterocycles. The maximum absolute atomic E-state index is 12.7. The van der Waals surface area contributed by atoms with E-state index in [9.17, 15) is 9.59 Å². The van der Waals surface area contributed by atoms with Gasteiger partial charge in [-0.2, -0.15) is 0 Å². The molecular formula is C21H21ClN2O3. The Kier molecular flexibility index (Phi) is 5.61. The van der Waals surface area contributed by atoms with Crippen molar-refractivity contribution in [3.8, 4) is 0 Å². The topological polar surface area (TPSA) is 60.7 Å². The number of hydrogen-bond acceptors (Lipinski definition) is 4. The van der Waals surface area contributed by atoms with Crippen molar-refractivity contribution >= 4 is 23.2 Å². The first-order chi connectivity index (χ1) is 12.9. The van der Waals surface area contributed by atoms with Gasteiger partial charge in [-0.15, -0.1) is 0 Å². The minimum atomic E-state index is -0.411. The van der Waals surface area contributed by atoms with Gasteiger partial charge in [0, 0.05) is 16.8 Å². The molecule has 2 heterocycles. The molecule has 3 rings (SSSR count). The van der Waals surface area contributed by atoms with Gasteiger partial charge in [0.25, 0.3) is 5.56 Å². The number of rotatable bonds is 5. The van der Waals surface area contributed by atoms with Crippen LogP contribution in [0.4, 0.5) is 0 Å². The number of hydrogen-bond donors (Lipinski definition) is 0. The Morgan fingerprint density at radius 1 is 1.19 bits per heavy atom. The van der Waals surface area contributed by atoms with Gasteiger partial charge in [-0.25, -0.2) is 4.98 Å². The zero-order valence-corrected chi connectivity index (χ0v) is 16.2. The van der Waals surface area contributed by atoms with Crippen LogP contribution in [-0.2, 0) is 16.1 Å². The van der Waals surface area contributed by atoms with Crippen LogP contribution in [-0.4, -0.2) is 15.4 Å². The summed E-state index contributed by atoms with van der Waals surface area (Å²) in [5, 5.41) is 0.616. The molecule has 0 N–H and O–H groups in total. The van der Waals surface area contributed by atoms with E-state index in [1.807, 2.05) is 45.0 Å². The second-order valence-corrected chi connectivity index (χ2v) is 7.26. The number of carbonyl (C=O) groups excluding carboxylic acids is 1. The summed E-state index contributed by atoms with van der Waals surface area (Å²) in [6, 6.07) is 14.0. The molecule has 1 aromatic carbocycles. The number of carbonyl (C=O) groups is 1. The highest BCUT2D eigenvalue weighted by Gasteiger charge is 2.26. The van der Waals surface area contributed by atoms with Crippen LogP contribution in [0.5, 0.6) is 0 Å². The smallest absolute Gasteiger partial charge is 0.314 e. The van der Waals surface area contributed by atoms with Gasteiger partial charge in [0.15, 0.2) is 0 Å². The largest absolute Gasteiger partial charge is 0.459 e. The third-order valence-corrected chi connectivity index (χ3v) is 4.70. The lowest BCUT2D eigenvalue weighted by atomic mass is 9.88. The third-order valence-electron chi connectivity index (χ3n) is 4.45. The van der Waals surface area contributed by atoms with E-state index in [1.165, 1.54) is 10.5 Å². The molecule has 0 unspecified atom stereocenters. The van der Waals surface area contributed by atoms with Gasteiger partial charge >= 0.3 is 5.97 Å². The van der Waals surface area contributed by atoms with Gasteiger partial charge in [0.2, 0.25) is 0 Å². The fraction of sp³-hybridized carbons (Fsp3) is 0.286. The summed E-state index contributed by atoms with van der Waals surface area (Å²) in [7, 11) is 0. The standard InChI is InChI=1S/C21H21ClN2O3/c1-13(2)20(15-7-9-16(22)10-8-15)21(26)27-12-17-11-19(25)24-14(3)5-4-6-18(24)23-17/h4-11,13,20H,12H2,1-3H3/t20-/m1/s1. The van der Waals surface area contributed by atoms with E-state index in [4.69, 9.17) is 16.3 Å². The summed E-state index contributed by atoms with van der Waals surface area (Å²) in [6.07, 6.45) is 0. The molecule has 1 atom stereocenters. The number of halogens is 1. The second kappa shape index (κ2) is 7.92. The zero-order valence-electron chi connectivity index (χ0n) is 15.5. The van der Waals surface area contributed by atoms with Gasteiger partial charge in [0.05, 0.1) is 11.6 Å². The van der Waals surface area contributed by atoms with E-state index in [0.29, 0.717) is 16.4 Å². The predicted octanol–water partition coefficient (Wildman–Crippen LogP) is 4.14. The van der Waals surface area contributed by atoms with Gasteiger partial charge in [0.1, 0.15) is 12.3 Å². The van der Waals surface area contributed by atoms with Crippen LogP contribution in [0.15, 0.2) is 53.3 Å². The van der Waals surface area contributed by atoms with Crippen molar-refractivity contribution in [3.05, 3.63) is 80.9 Å². The van der Waals surface area contributed by atoms with E-state index in [-0.39, 0.29) is 24.1 Å². The fourth-order valence-corrected chi connectivity index (χ4v) is 3.26. The molecule has 0 radical (unpaired) electrons. The molecule has 0 aliphatic rings. The quantitative estimate of drug-likeness (QED) is 0.620. The Bertz CT molecular complexity index is 1030. The summed E-state index contributed by atoms with van der Waals surface area (Å²) >= 11 is 5.93. The summed E-state index contributed by atoms with van der Waals surface area (Å²) in [4.78, 5) is 29.4. The Morgan fingerprint density at radius 2 is 1.89 bits per heavy atom. The predicted molar refractivity (Wildman–Crippen MR) is 105 cm³/mol. The maximum atomic E-state index is 12.7. The van der Waals surface area contributed by atoms with Crippen molar-refractivity contribution in [1.29, 1.82) is 0 Å². The number of aryl methyl sites for hydroxylation is 1. The maximum Gasteiger partial charge on any atom is 0.314 e. The van der Waals surface area contributed by atoms with E-state index >= 15 is 0 Å². The van der Waals surface area contributed by atoms with Crippen LogP contribution in [0.2, 0.25) is 5.02 Å². The number of pyridine rings is 1. The molecule has 0 aliphatic heterocycles. The lowest BCUT2D eigenvalue weighted by molar-refractivity contribution is -0.148. The number of nitrogens with zero attached hydrogens (tertiary/aromatic N) is 2. The van der Waals surface area contributed by atoms with Crippen molar-refractivity contribution in [1.82, 2.24) is 9.38 Å². The van der Waals surface area contributed by atoms with Gasteiger partial charge in [-0.1, -0.05) is 43.6 Å².